The van der Waals surface area contributed by atoms with Gasteiger partial charge in [0.05, 0.1) is 4.90 Å². The van der Waals surface area contributed by atoms with Crippen molar-refractivity contribution >= 4 is 21.7 Å². The Balaban J connectivity index is 3.23. The van der Waals surface area contributed by atoms with Crippen LogP contribution in [0.4, 0.5) is 0 Å². The molecule has 0 saturated heterocycles. The highest BCUT2D eigenvalue weighted by molar-refractivity contribution is 7.90. The van der Waals surface area contributed by atoms with Crippen LogP contribution in [-0.2, 0) is 21.1 Å². The number of amides is 1. The molecule has 0 spiro atoms. The molecule has 1 unspecified atom stereocenters. The molecule has 1 aromatic carbocycles. The second-order valence-electron chi connectivity index (χ2n) is 5.39. The van der Waals surface area contributed by atoms with Gasteiger partial charge in [0.25, 0.3) is 5.91 Å². The lowest BCUT2D eigenvalue weighted by atomic mass is 9.98. The topological polar surface area (TPSA) is 101 Å². The third-order valence-corrected chi connectivity index (χ3v) is 4.86. The third kappa shape index (κ3) is 3.85. The highest BCUT2D eigenvalue weighted by Crippen LogP contribution is 2.19. The van der Waals surface area contributed by atoms with E-state index in [1.165, 1.54) is 19.1 Å². The summed E-state index contributed by atoms with van der Waals surface area (Å²) in [5.41, 5.74) is -0.653. The van der Waals surface area contributed by atoms with E-state index in [2.05, 4.69) is 5.32 Å². The summed E-state index contributed by atoms with van der Waals surface area (Å²) in [6, 6.07) is 4.37. The summed E-state index contributed by atoms with van der Waals surface area (Å²) in [5.74, 6) is -1.75. The summed E-state index contributed by atoms with van der Waals surface area (Å²) in [6.45, 7) is 4.88. The maximum atomic E-state index is 12.2. The molecular formula is C15H21NO5S. The Labute approximate surface area is 130 Å². The maximum absolute atomic E-state index is 12.2. The van der Waals surface area contributed by atoms with Crippen molar-refractivity contribution in [3.63, 3.8) is 0 Å². The van der Waals surface area contributed by atoms with Gasteiger partial charge >= 0.3 is 5.97 Å². The van der Waals surface area contributed by atoms with Crippen molar-refractivity contribution in [1.82, 2.24) is 5.32 Å². The van der Waals surface area contributed by atoms with E-state index >= 15 is 0 Å². The molecule has 1 aromatic rings. The minimum Gasteiger partial charge on any atom is -0.480 e. The summed E-state index contributed by atoms with van der Waals surface area (Å²) in [7, 11) is -3.46. The molecule has 1 amide bonds. The number of nitrogens with one attached hydrogen (secondary N) is 1. The van der Waals surface area contributed by atoms with Crippen LogP contribution in [0.1, 0.15) is 43.1 Å². The smallest absolute Gasteiger partial charge is 0.329 e. The second-order valence-corrected chi connectivity index (χ2v) is 7.38. The van der Waals surface area contributed by atoms with Crippen molar-refractivity contribution in [3.8, 4) is 0 Å². The first-order valence-electron chi connectivity index (χ1n) is 6.94. The van der Waals surface area contributed by atoms with E-state index in [9.17, 15) is 23.1 Å². The van der Waals surface area contributed by atoms with E-state index in [1.807, 2.05) is 6.92 Å². The second kappa shape index (κ2) is 6.48. The zero-order valence-corrected chi connectivity index (χ0v) is 14.0. The molecule has 22 heavy (non-hydrogen) atoms. The Kier molecular flexibility index (Phi) is 5.35. The van der Waals surface area contributed by atoms with Crippen LogP contribution >= 0.6 is 0 Å². The number of sulfone groups is 1. The number of aryl methyl sites for hydroxylation is 1. The van der Waals surface area contributed by atoms with Gasteiger partial charge in [-0.25, -0.2) is 13.2 Å². The minimum atomic E-state index is -3.46. The van der Waals surface area contributed by atoms with Crippen molar-refractivity contribution in [3.05, 3.63) is 29.3 Å². The number of aliphatic carboxylic acids is 1. The molecule has 1 rings (SSSR count). The highest BCUT2D eigenvalue weighted by Gasteiger charge is 2.33. The number of benzene rings is 1. The predicted octanol–water partition coefficient (Wildman–Crippen LogP) is 1.64. The molecule has 0 bridgehead atoms. The zero-order valence-electron chi connectivity index (χ0n) is 13.1. The Morgan fingerprint density at radius 2 is 1.86 bits per heavy atom. The minimum absolute atomic E-state index is 0.0937. The molecule has 122 valence electrons. The number of carbonyl (C=O) groups is 2. The summed E-state index contributed by atoms with van der Waals surface area (Å²) in [5, 5.41) is 11.6. The van der Waals surface area contributed by atoms with Crippen LogP contribution in [0.25, 0.3) is 0 Å². The van der Waals surface area contributed by atoms with Gasteiger partial charge < -0.3 is 10.4 Å². The Hall–Kier alpha value is -1.89. The fourth-order valence-corrected chi connectivity index (χ4v) is 2.98. The number of carboxylic acid groups (broad SMARTS) is 1. The van der Waals surface area contributed by atoms with Crippen LogP contribution in [0, 0.1) is 0 Å². The van der Waals surface area contributed by atoms with Gasteiger partial charge in [0.1, 0.15) is 5.54 Å². The highest BCUT2D eigenvalue weighted by atomic mass is 32.2. The Morgan fingerprint density at radius 1 is 1.27 bits per heavy atom. The van der Waals surface area contributed by atoms with Gasteiger partial charge in [-0.1, -0.05) is 19.9 Å². The first kappa shape index (κ1) is 18.2. The van der Waals surface area contributed by atoms with Crippen LogP contribution in [0.5, 0.6) is 0 Å². The standard InChI is InChI=1S/C15H21NO5S/c1-5-10-7-8-11(9-12(10)22(4,20)21)13(17)16-15(3,6-2)14(18)19/h7-9H,5-6H2,1-4H3,(H,16,17)(H,18,19). The first-order valence-corrected chi connectivity index (χ1v) is 8.83. The molecule has 0 aliphatic heterocycles. The van der Waals surface area contributed by atoms with Crippen molar-refractivity contribution in [2.45, 2.75) is 44.0 Å². The predicted molar refractivity (Wildman–Crippen MR) is 82.7 cm³/mol. The lowest BCUT2D eigenvalue weighted by Crippen LogP contribution is -2.51. The van der Waals surface area contributed by atoms with Crippen LogP contribution in [0.2, 0.25) is 0 Å². The van der Waals surface area contributed by atoms with E-state index in [-0.39, 0.29) is 16.9 Å². The molecule has 0 saturated carbocycles. The first-order chi connectivity index (χ1) is 10.0. The number of rotatable bonds is 6. The zero-order chi connectivity index (χ0) is 17.1. The molecule has 2 N–H and O–H groups in total. The van der Waals surface area contributed by atoms with E-state index in [4.69, 9.17) is 0 Å². The SMILES string of the molecule is CCc1ccc(C(=O)NC(C)(CC)C(=O)O)cc1S(C)(=O)=O. The van der Waals surface area contributed by atoms with E-state index in [0.717, 1.165) is 6.26 Å². The van der Waals surface area contributed by atoms with Crippen molar-refractivity contribution in [2.75, 3.05) is 6.26 Å². The fourth-order valence-electron chi connectivity index (χ4n) is 1.95. The van der Waals surface area contributed by atoms with Gasteiger partial charge in [-0.05, 0) is 37.5 Å². The van der Waals surface area contributed by atoms with E-state index < -0.39 is 27.3 Å². The lowest BCUT2D eigenvalue weighted by molar-refractivity contribution is -0.143. The molecule has 0 aliphatic carbocycles. The molecule has 0 aromatic heterocycles. The quantitative estimate of drug-likeness (QED) is 0.827. The van der Waals surface area contributed by atoms with E-state index in [1.54, 1.807) is 13.0 Å². The van der Waals surface area contributed by atoms with Gasteiger partial charge in [0.15, 0.2) is 9.84 Å². The Morgan fingerprint density at radius 3 is 2.27 bits per heavy atom. The van der Waals surface area contributed by atoms with Crippen LogP contribution in [0.3, 0.4) is 0 Å². The third-order valence-electron chi connectivity index (χ3n) is 3.68. The average Bonchev–Trinajstić information content (AvgIpc) is 2.45. The molecule has 7 heteroatoms. The van der Waals surface area contributed by atoms with Crippen LogP contribution < -0.4 is 5.32 Å². The van der Waals surface area contributed by atoms with Crippen molar-refractivity contribution in [2.24, 2.45) is 0 Å². The van der Waals surface area contributed by atoms with Gasteiger partial charge in [-0.2, -0.15) is 0 Å². The lowest BCUT2D eigenvalue weighted by Gasteiger charge is -2.24. The fraction of sp³-hybridized carbons (Fsp3) is 0.467. The molecular weight excluding hydrogens is 306 g/mol. The summed E-state index contributed by atoms with van der Waals surface area (Å²) >= 11 is 0. The van der Waals surface area contributed by atoms with Crippen LogP contribution in [0.15, 0.2) is 23.1 Å². The van der Waals surface area contributed by atoms with E-state index in [0.29, 0.717) is 12.0 Å². The molecule has 0 aliphatic rings. The summed E-state index contributed by atoms with van der Waals surface area (Å²) in [6.07, 6.45) is 1.81. The Bertz CT molecular complexity index is 696. The summed E-state index contributed by atoms with van der Waals surface area (Å²) in [4.78, 5) is 23.6. The van der Waals surface area contributed by atoms with Crippen molar-refractivity contribution in [1.29, 1.82) is 0 Å². The molecule has 0 fully saturated rings. The van der Waals surface area contributed by atoms with Crippen LogP contribution in [-0.4, -0.2) is 37.2 Å². The molecule has 0 heterocycles. The average molecular weight is 327 g/mol. The number of hydrogen-bond acceptors (Lipinski definition) is 4. The monoisotopic (exact) mass is 327 g/mol. The number of carbonyl (C=O) groups excluding carboxylic acids is 1. The van der Waals surface area contributed by atoms with Gasteiger partial charge in [0, 0.05) is 11.8 Å². The molecule has 0 radical (unpaired) electrons. The maximum Gasteiger partial charge on any atom is 0.329 e. The number of carboxylic acids is 1. The van der Waals surface area contributed by atoms with Gasteiger partial charge in [0.2, 0.25) is 0 Å². The molecule has 1 atom stereocenters. The largest absolute Gasteiger partial charge is 0.480 e. The van der Waals surface area contributed by atoms with Gasteiger partial charge in [-0.15, -0.1) is 0 Å². The van der Waals surface area contributed by atoms with Crippen molar-refractivity contribution < 1.29 is 23.1 Å². The molecule has 6 nitrogen and oxygen atoms in total. The number of hydrogen-bond donors (Lipinski definition) is 2. The van der Waals surface area contributed by atoms with Gasteiger partial charge in [-0.3, -0.25) is 4.79 Å². The summed E-state index contributed by atoms with van der Waals surface area (Å²) < 4.78 is 23.6. The normalized spacial score (nSPS) is 14.2.